The molecule has 0 fully saturated rings. The molecule has 0 rings (SSSR count). The van der Waals surface area contributed by atoms with Gasteiger partial charge >= 0.3 is 0 Å². The maximum atomic E-state index is 4.95. The molecular formula is C14H29N3O. The van der Waals surface area contributed by atoms with E-state index in [2.05, 4.69) is 35.1 Å². The van der Waals surface area contributed by atoms with Crippen LogP contribution in [0.4, 0.5) is 0 Å². The lowest BCUT2D eigenvalue weighted by Crippen LogP contribution is -2.24. The van der Waals surface area contributed by atoms with Gasteiger partial charge in [-0.15, -0.1) is 0 Å². The molecule has 4 nitrogen and oxygen atoms in total. The van der Waals surface area contributed by atoms with Crippen LogP contribution in [0.5, 0.6) is 0 Å². The van der Waals surface area contributed by atoms with Gasteiger partial charge in [0.25, 0.3) is 0 Å². The Kier molecular flexibility index (Phi) is 13.5. The molecule has 1 N–H and O–H groups in total. The van der Waals surface area contributed by atoms with Crippen LogP contribution in [0, 0.1) is 0 Å². The van der Waals surface area contributed by atoms with Gasteiger partial charge in [-0.25, -0.2) is 4.99 Å². The highest BCUT2D eigenvalue weighted by atomic mass is 16.5. The van der Waals surface area contributed by atoms with Gasteiger partial charge in [-0.1, -0.05) is 19.9 Å². The Morgan fingerprint density at radius 1 is 1.28 bits per heavy atom. The lowest BCUT2D eigenvalue weighted by molar-refractivity contribution is 0.196. The zero-order valence-corrected chi connectivity index (χ0v) is 12.2. The van der Waals surface area contributed by atoms with Crippen molar-refractivity contribution < 1.29 is 4.74 Å². The van der Waals surface area contributed by atoms with Crippen molar-refractivity contribution in [1.29, 1.82) is 0 Å². The van der Waals surface area contributed by atoms with E-state index in [1.807, 2.05) is 6.20 Å². The third kappa shape index (κ3) is 11.6. The second-order valence-corrected chi connectivity index (χ2v) is 4.19. The highest BCUT2D eigenvalue weighted by molar-refractivity contribution is 5.54. The molecule has 0 bridgehead atoms. The minimum atomic E-state index is 0.793. The summed E-state index contributed by atoms with van der Waals surface area (Å²) in [5, 5.41) is 3.12. The van der Waals surface area contributed by atoms with E-state index in [0.29, 0.717) is 0 Å². The first-order valence-corrected chi connectivity index (χ1v) is 6.96. The summed E-state index contributed by atoms with van der Waals surface area (Å²) in [6.07, 6.45) is 9.02. The van der Waals surface area contributed by atoms with Gasteiger partial charge in [-0.05, 0) is 32.4 Å². The summed E-state index contributed by atoms with van der Waals surface area (Å²) in [5.74, 6) is 0. The smallest absolute Gasteiger partial charge is 0.0878 e. The second-order valence-electron chi connectivity index (χ2n) is 4.19. The van der Waals surface area contributed by atoms with E-state index in [9.17, 15) is 0 Å². The quantitative estimate of drug-likeness (QED) is 0.330. The van der Waals surface area contributed by atoms with Gasteiger partial charge in [-0.3, -0.25) is 0 Å². The minimum Gasteiger partial charge on any atom is -0.385 e. The normalized spacial score (nSPS) is 12.0. The van der Waals surface area contributed by atoms with E-state index in [4.69, 9.17) is 4.74 Å². The molecule has 0 unspecified atom stereocenters. The predicted octanol–water partition coefficient (Wildman–Crippen LogP) is 2.28. The summed E-state index contributed by atoms with van der Waals surface area (Å²) in [5.41, 5.74) is 0. The molecule has 0 aliphatic rings. The molecule has 0 amide bonds. The van der Waals surface area contributed by atoms with Gasteiger partial charge in [0.05, 0.1) is 6.34 Å². The summed E-state index contributed by atoms with van der Waals surface area (Å²) in [7, 11) is 1.72. The first kappa shape index (κ1) is 17.1. The van der Waals surface area contributed by atoms with Gasteiger partial charge in [0.1, 0.15) is 0 Å². The van der Waals surface area contributed by atoms with E-state index in [1.165, 1.54) is 13.0 Å². The van der Waals surface area contributed by atoms with Crippen LogP contribution >= 0.6 is 0 Å². The Hall–Kier alpha value is -0.870. The molecule has 0 saturated carbocycles. The number of hydrogen-bond acceptors (Lipinski definition) is 3. The molecule has 0 aliphatic carbocycles. The summed E-state index contributed by atoms with van der Waals surface area (Å²) in [6.45, 7) is 9.57. The average Bonchev–Trinajstić information content (AvgIpc) is 2.39. The molecule has 0 heterocycles. The van der Waals surface area contributed by atoms with E-state index in [1.54, 1.807) is 13.4 Å². The number of nitrogens with one attached hydrogen (secondary N) is 1. The van der Waals surface area contributed by atoms with E-state index >= 15 is 0 Å². The number of methoxy groups -OCH3 is 1. The fraction of sp³-hybridized carbons (Fsp3) is 0.786. The first-order chi connectivity index (χ1) is 8.85. The Morgan fingerprint density at radius 3 is 2.78 bits per heavy atom. The monoisotopic (exact) mass is 255 g/mol. The Bertz CT molecular complexity index is 217. The van der Waals surface area contributed by atoms with Crippen LogP contribution in [0.1, 0.15) is 33.1 Å². The third-order valence-electron chi connectivity index (χ3n) is 2.63. The summed E-state index contributed by atoms with van der Waals surface area (Å²) < 4.78 is 4.95. The average molecular weight is 255 g/mol. The fourth-order valence-electron chi connectivity index (χ4n) is 1.62. The second kappa shape index (κ2) is 14.2. The lowest BCUT2D eigenvalue weighted by Gasteiger charge is -2.17. The van der Waals surface area contributed by atoms with Crippen molar-refractivity contribution in [1.82, 2.24) is 10.2 Å². The number of hydrogen-bond donors (Lipinski definition) is 1. The molecule has 0 saturated heterocycles. The van der Waals surface area contributed by atoms with Crippen LogP contribution in [-0.4, -0.2) is 51.1 Å². The minimum absolute atomic E-state index is 0.793. The van der Waals surface area contributed by atoms with Crippen molar-refractivity contribution in [2.24, 2.45) is 4.99 Å². The molecule has 4 heteroatoms. The molecular weight excluding hydrogens is 226 g/mol. The fourth-order valence-corrected chi connectivity index (χ4v) is 1.62. The van der Waals surface area contributed by atoms with E-state index < -0.39 is 0 Å². The predicted molar refractivity (Wildman–Crippen MR) is 79.1 cm³/mol. The molecule has 106 valence electrons. The third-order valence-corrected chi connectivity index (χ3v) is 2.63. The summed E-state index contributed by atoms with van der Waals surface area (Å²) >= 11 is 0. The summed E-state index contributed by atoms with van der Waals surface area (Å²) in [4.78, 5) is 6.62. The molecule has 0 aromatic rings. The van der Waals surface area contributed by atoms with Gasteiger partial charge in [0.15, 0.2) is 0 Å². The van der Waals surface area contributed by atoms with Crippen LogP contribution in [0.25, 0.3) is 0 Å². The molecule has 0 spiro atoms. The SMILES string of the molecule is CCCN(CC)CC/C=C/N=C\NCCCOC. The lowest BCUT2D eigenvalue weighted by atomic mass is 10.3. The number of aliphatic imine (C=N–C) groups is 1. The van der Waals surface area contributed by atoms with E-state index in [0.717, 1.165) is 39.1 Å². The van der Waals surface area contributed by atoms with E-state index in [-0.39, 0.29) is 0 Å². The van der Waals surface area contributed by atoms with Crippen LogP contribution in [0.3, 0.4) is 0 Å². The van der Waals surface area contributed by atoms with Crippen molar-refractivity contribution in [3.63, 3.8) is 0 Å². The molecule has 0 aromatic heterocycles. The standard InChI is InChI=1S/C14H29N3O/c1-4-11-17(5-2)12-7-6-9-15-14-16-10-8-13-18-3/h6,9,14H,4-5,7-8,10-13H2,1-3H3,(H,15,16)/b9-6+. The molecule has 0 radical (unpaired) electrons. The van der Waals surface area contributed by atoms with Crippen molar-refractivity contribution in [2.75, 3.05) is 39.9 Å². The van der Waals surface area contributed by atoms with Crippen molar-refractivity contribution >= 4 is 6.34 Å². The highest BCUT2D eigenvalue weighted by Gasteiger charge is 1.97. The zero-order valence-electron chi connectivity index (χ0n) is 12.2. The van der Waals surface area contributed by atoms with Crippen molar-refractivity contribution in [3.05, 3.63) is 12.3 Å². The van der Waals surface area contributed by atoms with Crippen LogP contribution in [-0.2, 0) is 4.74 Å². The Morgan fingerprint density at radius 2 is 2.11 bits per heavy atom. The number of rotatable bonds is 12. The van der Waals surface area contributed by atoms with Gasteiger partial charge in [-0.2, -0.15) is 0 Å². The molecule has 0 atom stereocenters. The zero-order chi connectivity index (χ0) is 13.5. The van der Waals surface area contributed by atoms with Gasteiger partial charge in [0.2, 0.25) is 0 Å². The van der Waals surface area contributed by atoms with Gasteiger partial charge < -0.3 is 15.0 Å². The maximum absolute atomic E-state index is 4.95. The highest BCUT2D eigenvalue weighted by Crippen LogP contribution is 1.94. The largest absolute Gasteiger partial charge is 0.385 e. The van der Waals surface area contributed by atoms with Crippen molar-refractivity contribution in [3.8, 4) is 0 Å². The first-order valence-electron chi connectivity index (χ1n) is 6.96. The molecule has 18 heavy (non-hydrogen) atoms. The summed E-state index contributed by atoms with van der Waals surface area (Å²) in [6, 6.07) is 0. The van der Waals surface area contributed by atoms with Gasteiger partial charge in [0, 0.05) is 33.0 Å². The van der Waals surface area contributed by atoms with Crippen LogP contribution < -0.4 is 5.32 Å². The van der Waals surface area contributed by atoms with Crippen LogP contribution in [0.2, 0.25) is 0 Å². The number of ether oxygens (including phenoxy) is 1. The molecule has 0 aliphatic heterocycles. The Labute approximate surface area is 112 Å². The van der Waals surface area contributed by atoms with Crippen molar-refractivity contribution in [2.45, 2.75) is 33.1 Å². The maximum Gasteiger partial charge on any atom is 0.0878 e. The Balaban J connectivity index is 3.43. The number of nitrogens with zero attached hydrogens (tertiary/aromatic N) is 2. The topological polar surface area (TPSA) is 36.9 Å². The molecule has 0 aromatic carbocycles. The van der Waals surface area contributed by atoms with Crippen LogP contribution in [0.15, 0.2) is 17.3 Å².